The average Bonchev–Trinajstić information content (AvgIpc) is 3.15. The van der Waals surface area contributed by atoms with Gasteiger partial charge in [0.05, 0.1) is 0 Å². The molecule has 0 radical (unpaired) electrons. The summed E-state index contributed by atoms with van der Waals surface area (Å²) in [5.74, 6) is 0.784. The number of ether oxygens (including phenoxy) is 3. The molecule has 320 valence electrons. The summed E-state index contributed by atoms with van der Waals surface area (Å²) in [5.41, 5.74) is 0. The van der Waals surface area contributed by atoms with Crippen LogP contribution in [0.1, 0.15) is 259 Å². The molecule has 1 unspecified atom stereocenters. The van der Waals surface area contributed by atoms with Crippen molar-refractivity contribution in [1.82, 2.24) is 0 Å². The van der Waals surface area contributed by atoms with Gasteiger partial charge in [0, 0.05) is 19.3 Å². The van der Waals surface area contributed by atoms with Crippen LogP contribution in [0.15, 0.2) is 0 Å². The van der Waals surface area contributed by atoms with Gasteiger partial charge in [0.2, 0.25) is 0 Å². The molecule has 0 spiro atoms. The molecule has 54 heavy (non-hydrogen) atoms. The smallest absolute Gasteiger partial charge is 0.306 e. The standard InChI is InChI=1S/C48H92O6/c1-6-8-9-10-11-12-13-14-15-16-23-28-33-38-46(49)52-41-45(42-53-47(50)39-34-29-24-19-17-21-26-31-36-43(3)4)54-48(51)40-35-30-25-20-18-22-27-32-37-44(5)7-2/h43-45H,6-42H2,1-5H3/t44?,45-/m1/s1. The highest BCUT2D eigenvalue weighted by Crippen LogP contribution is 2.17. The van der Waals surface area contributed by atoms with Crippen LogP contribution in [0.3, 0.4) is 0 Å². The molecule has 6 nitrogen and oxygen atoms in total. The Labute approximate surface area is 336 Å². The predicted molar refractivity (Wildman–Crippen MR) is 229 cm³/mol. The Morgan fingerprint density at radius 3 is 1.06 bits per heavy atom. The molecule has 0 saturated carbocycles. The molecule has 0 aromatic carbocycles. The third-order valence-corrected chi connectivity index (χ3v) is 11.1. The van der Waals surface area contributed by atoms with E-state index in [1.165, 1.54) is 148 Å². The van der Waals surface area contributed by atoms with Crippen LogP contribution in [0.2, 0.25) is 0 Å². The zero-order chi connectivity index (χ0) is 39.7. The molecule has 0 N–H and O–H groups in total. The Bertz CT molecular complexity index is 826. The summed E-state index contributed by atoms with van der Waals surface area (Å²) in [6.45, 7) is 11.3. The number of carbonyl (C=O) groups is 3. The minimum absolute atomic E-state index is 0.0650. The molecule has 0 bridgehead atoms. The third-order valence-electron chi connectivity index (χ3n) is 11.1. The summed E-state index contributed by atoms with van der Waals surface area (Å²) in [6.07, 6.45) is 39.4. The zero-order valence-corrected chi connectivity index (χ0v) is 36.8. The summed E-state index contributed by atoms with van der Waals surface area (Å²) in [4.78, 5) is 37.8. The van der Waals surface area contributed by atoms with E-state index in [4.69, 9.17) is 14.2 Å². The minimum atomic E-state index is -0.761. The van der Waals surface area contributed by atoms with Crippen molar-refractivity contribution in [2.24, 2.45) is 11.8 Å². The fraction of sp³-hybridized carbons (Fsp3) is 0.938. The SMILES string of the molecule is CCCCCCCCCCCCCCCC(=O)OC[C@H](COC(=O)CCCCCCCCCCC(C)C)OC(=O)CCCCCCCCCCC(C)CC. The summed E-state index contributed by atoms with van der Waals surface area (Å²) < 4.78 is 16.7. The first-order valence-electron chi connectivity index (χ1n) is 23.8. The van der Waals surface area contributed by atoms with Gasteiger partial charge in [-0.1, -0.05) is 221 Å². The molecule has 0 rings (SSSR count). The molecule has 2 atom stereocenters. The Balaban J connectivity index is 4.34. The maximum atomic E-state index is 12.7. The summed E-state index contributed by atoms with van der Waals surface area (Å²) in [5, 5.41) is 0. The lowest BCUT2D eigenvalue weighted by Crippen LogP contribution is -2.30. The van der Waals surface area contributed by atoms with Crippen molar-refractivity contribution in [3.05, 3.63) is 0 Å². The van der Waals surface area contributed by atoms with E-state index in [9.17, 15) is 14.4 Å². The quantitative estimate of drug-likeness (QED) is 0.0350. The normalized spacial score (nSPS) is 12.6. The number of hydrogen-bond donors (Lipinski definition) is 0. The number of unbranched alkanes of at least 4 members (excludes halogenated alkanes) is 26. The van der Waals surface area contributed by atoms with E-state index in [2.05, 4.69) is 34.6 Å². The second-order valence-electron chi connectivity index (χ2n) is 17.1. The van der Waals surface area contributed by atoms with Crippen molar-refractivity contribution in [2.45, 2.75) is 265 Å². The van der Waals surface area contributed by atoms with Gasteiger partial charge in [-0.25, -0.2) is 0 Å². The fourth-order valence-electron chi connectivity index (χ4n) is 7.07. The molecular weight excluding hydrogens is 673 g/mol. The lowest BCUT2D eigenvalue weighted by Gasteiger charge is -2.18. The van der Waals surface area contributed by atoms with E-state index in [1.54, 1.807) is 0 Å². The van der Waals surface area contributed by atoms with Crippen molar-refractivity contribution in [1.29, 1.82) is 0 Å². The predicted octanol–water partition coefficient (Wildman–Crippen LogP) is 15.0. The molecular formula is C48H92O6. The summed E-state index contributed by atoms with van der Waals surface area (Å²) in [7, 11) is 0. The molecule has 0 heterocycles. The van der Waals surface area contributed by atoms with Crippen LogP contribution in [0.4, 0.5) is 0 Å². The molecule has 0 aliphatic carbocycles. The topological polar surface area (TPSA) is 78.9 Å². The van der Waals surface area contributed by atoms with Crippen molar-refractivity contribution < 1.29 is 28.6 Å². The van der Waals surface area contributed by atoms with Gasteiger partial charge >= 0.3 is 17.9 Å². The number of rotatable bonds is 42. The largest absolute Gasteiger partial charge is 0.462 e. The Morgan fingerprint density at radius 1 is 0.389 bits per heavy atom. The first kappa shape index (κ1) is 52.4. The molecule has 0 amide bonds. The summed E-state index contributed by atoms with van der Waals surface area (Å²) >= 11 is 0. The van der Waals surface area contributed by atoms with Gasteiger partial charge in [0.25, 0.3) is 0 Å². The van der Waals surface area contributed by atoms with Gasteiger partial charge in [0.15, 0.2) is 6.10 Å². The lowest BCUT2D eigenvalue weighted by atomic mass is 9.99. The third kappa shape index (κ3) is 40.1. The molecule has 0 aliphatic heterocycles. The second-order valence-corrected chi connectivity index (χ2v) is 17.1. The summed E-state index contributed by atoms with van der Waals surface area (Å²) in [6, 6.07) is 0. The molecule has 0 aromatic heterocycles. The molecule has 6 heteroatoms. The van der Waals surface area contributed by atoms with Crippen molar-refractivity contribution in [2.75, 3.05) is 13.2 Å². The monoisotopic (exact) mass is 765 g/mol. The Hall–Kier alpha value is -1.59. The fourth-order valence-corrected chi connectivity index (χ4v) is 7.07. The minimum Gasteiger partial charge on any atom is -0.462 e. The van der Waals surface area contributed by atoms with Crippen LogP contribution >= 0.6 is 0 Å². The Kier molecular flexibility index (Phi) is 39.8. The Morgan fingerprint density at radius 2 is 0.704 bits per heavy atom. The average molecular weight is 765 g/mol. The van der Waals surface area contributed by atoms with E-state index in [0.717, 1.165) is 69.6 Å². The molecule has 0 aliphatic rings. The first-order chi connectivity index (χ1) is 26.3. The van der Waals surface area contributed by atoms with Crippen molar-refractivity contribution in [3.8, 4) is 0 Å². The van der Waals surface area contributed by atoms with E-state index in [1.807, 2.05) is 0 Å². The highest BCUT2D eigenvalue weighted by atomic mass is 16.6. The molecule has 0 fully saturated rings. The highest BCUT2D eigenvalue weighted by molar-refractivity contribution is 5.71. The maximum absolute atomic E-state index is 12.7. The van der Waals surface area contributed by atoms with Crippen LogP contribution in [0.5, 0.6) is 0 Å². The van der Waals surface area contributed by atoms with E-state index < -0.39 is 6.10 Å². The van der Waals surface area contributed by atoms with Gasteiger partial charge < -0.3 is 14.2 Å². The van der Waals surface area contributed by atoms with Crippen LogP contribution in [-0.4, -0.2) is 37.2 Å². The van der Waals surface area contributed by atoms with Crippen molar-refractivity contribution >= 4 is 17.9 Å². The maximum Gasteiger partial charge on any atom is 0.306 e. The first-order valence-corrected chi connectivity index (χ1v) is 23.8. The van der Waals surface area contributed by atoms with E-state index in [-0.39, 0.29) is 31.1 Å². The zero-order valence-electron chi connectivity index (χ0n) is 36.8. The van der Waals surface area contributed by atoms with Gasteiger partial charge in [-0.05, 0) is 31.1 Å². The number of esters is 3. The number of carbonyl (C=O) groups excluding carboxylic acids is 3. The van der Waals surface area contributed by atoms with Crippen LogP contribution in [0, 0.1) is 11.8 Å². The molecule has 0 saturated heterocycles. The van der Waals surface area contributed by atoms with Crippen LogP contribution < -0.4 is 0 Å². The van der Waals surface area contributed by atoms with Gasteiger partial charge in [-0.2, -0.15) is 0 Å². The van der Waals surface area contributed by atoms with E-state index in [0.29, 0.717) is 19.3 Å². The second kappa shape index (κ2) is 41.1. The molecule has 0 aromatic rings. The van der Waals surface area contributed by atoms with Gasteiger partial charge in [0.1, 0.15) is 13.2 Å². The van der Waals surface area contributed by atoms with Crippen LogP contribution in [-0.2, 0) is 28.6 Å². The highest BCUT2D eigenvalue weighted by Gasteiger charge is 2.19. The van der Waals surface area contributed by atoms with Gasteiger partial charge in [-0.15, -0.1) is 0 Å². The van der Waals surface area contributed by atoms with Gasteiger partial charge in [-0.3, -0.25) is 14.4 Å². The lowest BCUT2D eigenvalue weighted by molar-refractivity contribution is -0.167. The van der Waals surface area contributed by atoms with Crippen LogP contribution in [0.25, 0.3) is 0 Å². The van der Waals surface area contributed by atoms with E-state index >= 15 is 0 Å². The number of hydrogen-bond acceptors (Lipinski definition) is 6. The van der Waals surface area contributed by atoms with Crippen molar-refractivity contribution in [3.63, 3.8) is 0 Å².